The van der Waals surface area contributed by atoms with Gasteiger partial charge in [0.25, 0.3) is 0 Å². The minimum absolute atomic E-state index is 0.0698. The number of aromatic hydroxyl groups is 1. The van der Waals surface area contributed by atoms with Crippen molar-refractivity contribution < 1.29 is 28.9 Å². The molecule has 2 aliphatic carbocycles. The minimum atomic E-state index is -0.709. The molecule has 9 nitrogen and oxygen atoms in total. The molecule has 5 rings (SSSR count). The predicted octanol–water partition coefficient (Wildman–Crippen LogP) is 1.76. The molecule has 1 saturated heterocycles. The first-order valence-electron chi connectivity index (χ1n) is 13.0. The number of likely N-dealkylation sites (N-methyl/N-ethyl adjacent to an activating group) is 1. The van der Waals surface area contributed by atoms with Crippen LogP contribution in [-0.2, 0) is 30.9 Å². The molecular formula is C27H39N3O6. The van der Waals surface area contributed by atoms with Gasteiger partial charge in [-0.3, -0.25) is 14.9 Å². The lowest BCUT2D eigenvalue weighted by atomic mass is 9.48. The van der Waals surface area contributed by atoms with E-state index in [4.69, 9.17) is 19.9 Å². The lowest BCUT2D eigenvalue weighted by molar-refractivity contribution is -0.204. The number of carbonyl (C=O) groups excluding carboxylic acids is 2. The van der Waals surface area contributed by atoms with Gasteiger partial charge in [0.15, 0.2) is 11.5 Å². The minimum Gasteiger partial charge on any atom is -0.504 e. The summed E-state index contributed by atoms with van der Waals surface area (Å²) in [5.41, 5.74) is 6.09. The van der Waals surface area contributed by atoms with Gasteiger partial charge < -0.3 is 30.0 Å². The summed E-state index contributed by atoms with van der Waals surface area (Å²) in [6, 6.07) is 3.00. The third-order valence-corrected chi connectivity index (χ3v) is 8.84. The fourth-order valence-electron chi connectivity index (χ4n) is 7.50. The second-order valence-corrected chi connectivity index (χ2v) is 11.9. The zero-order valence-electron chi connectivity index (χ0n) is 21.9. The van der Waals surface area contributed by atoms with Gasteiger partial charge in [-0.25, -0.2) is 0 Å². The summed E-state index contributed by atoms with van der Waals surface area (Å²) in [6.07, 6.45) is 3.11. The van der Waals surface area contributed by atoms with Crippen LogP contribution in [0.4, 0.5) is 0 Å². The van der Waals surface area contributed by atoms with Gasteiger partial charge in [-0.2, -0.15) is 0 Å². The van der Waals surface area contributed by atoms with Gasteiger partial charge in [-0.1, -0.05) is 6.07 Å². The summed E-state index contributed by atoms with van der Waals surface area (Å²) in [5.74, 6) is -0.193. The first-order chi connectivity index (χ1) is 16.9. The molecule has 1 spiro atoms. The zero-order chi connectivity index (χ0) is 26.0. The molecule has 2 heterocycles. The van der Waals surface area contributed by atoms with Gasteiger partial charge in [-0.05, 0) is 78.1 Å². The number of phenols is 1. The first-order valence-corrected chi connectivity index (χ1v) is 13.0. The van der Waals surface area contributed by atoms with Crippen molar-refractivity contribution in [2.24, 2.45) is 5.73 Å². The quantitative estimate of drug-likeness (QED) is 0.483. The van der Waals surface area contributed by atoms with Crippen LogP contribution in [0.1, 0.15) is 64.0 Å². The number of carbonyl (C=O) groups is 2. The van der Waals surface area contributed by atoms with Crippen molar-refractivity contribution in [3.05, 3.63) is 23.3 Å². The number of primary amides is 1. The number of nitrogens with one attached hydrogen (secondary N) is 1. The van der Waals surface area contributed by atoms with Crippen LogP contribution in [0.3, 0.4) is 0 Å². The lowest BCUT2D eigenvalue weighted by Crippen LogP contribution is -2.78. The highest BCUT2D eigenvalue weighted by Crippen LogP contribution is 2.66. The molecule has 1 amide bonds. The Morgan fingerprint density at radius 1 is 1.33 bits per heavy atom. The number of nitrogens with zero attached hydrogens (tertiary/aromatic N) is 1. The highest BCUT2D eigenvalue weighted by atomic mass is 16.6. The summed E-state index contributed by atoms with van der Waals surface area (Å²) < 4.78 is 18.8. The molecule has 6 atom stereocenters. The number of likely N-dealkylation sites (tertiary alicyclic amines) is 1. The van der Waals surface area contributed by atoms with Crippen LogP contribution in [0, 0.1) is 0 Å². The van der Waals surface area contributed by atoms with Crippen molar-refractivity contribution in [1.29, 1.82) is 0 Å². The number of piperidine rings is 1. The Kier molecular flexibility index (Phi) is 6.04. The number of phenolic OH excluding ortho intramolecular Hbond substituents is 1. The van der Waals surface area contributed by atoms with Crippen LogP contribution in [0.15, 0.2) is 12.1 Å². The number of esters is 1. The zero-order valence-corrected chi connectivity index (χ0v) is 21.9. The Morgan fingerprint density at radius 3 is 2.75 bits per heavy atom. The molecule has 9 heteroatoms. The topological polar surface area (TPSA) is 123 Å². The van der Waals surface area contributed by atoms with Crippen molar-refractivity contribution in [2.45, 2.75) is 100 Å². The van der Waals surface area contributed by atoms with Crippen LogP contribution in [0.2, 0.25) is 0 Å². The number of benzene rings is 1. The van der Waals surface area contributed by atoms with E-state index in [-0.39, 0.29) is 36.8 Å². The van der Waals surface area contributed by atoms with Crippen molar-refractivity contribution in [1.82, 2.24) is 10.2 Å². The monoisotopic (exact) mass is 501 g/mol. The van der Waals surface area contributed by atoms with Crippen molar-refractivity contribution in [3.63, 3.8) is 0 Å². The number of ether oxygens (including phenoxy) is 3. The van der Waals surface area contributed by atoms with Crippen LogP contribution in [0.5, 0.6) is 11.5 Å². The van der Waals surface area contributed by atoms with E-state index in [9.17, 15) is 14.7 Å². The second-order valence-electron chi connectivity index (χ2n) is 11.9. The molecule has 36 heavy (non-hydrogen) atoms. The van der Waals surface area contributed by atoms with E-state index in [2.05, 4.69) is 17.3 Å². The summed E-state index contributed by atoms with van der Waals surface area (Å²) in [7, 11) is 3.95. The number of hydrogen-bond donors (Lipinski definition) is 3. The largest absolute Gasteiger partial charge is 0.504 e. The third-order valence-electron chi connectivity index (χ3n) is 8.84. The molecule has 1 saturated carbocycles. The van der Waals surface area contributed by atoms with Crippen molar-refractivity contribution in [3.8, 4) is 11.5 Å². The fraction of sp³-hybridized carbons (Fsp3) is 0.704. The van der Waals surface area contributed by atoms with E-state index in [1.165, 1.54) is 5.56 Å². The van der Waals surface area contributed by atoms with Gasteiger partial charge in [0.1, 0.15) is 17.7 Å². The SMILES string of the molecule is CO[C@@]12CC[C@@H](N[C@@H](CCC(N)=O)C(=O)OC(C)(C)C)[C@@H]3Oc4c(O)ccc5c4[C@@]31CCN(C)[C@@H]2C5. The molecule has 2 bridgehead atoms. The summed E-state index contributed by atoms with van der Waals surface area (Å²) in [5, 5.41) is 14.3. The van der Waals surface area contributed by atoms with Gasteiger partial charge in [0.05, 0.1) is 11.0 Å². The second kappa shape index (κ2) is 8.60. The highest BCUT2D eigenvalue weighted by molar-refractivity contribution is 5.79. The summed E-state index contributed by atoms with van der Waals surface area (Å²) in [6.45, 7) is 6.35. The van der Waals surface area contributed by atoms with Crippen LogP contribution in [-0.4, -0.2) is 78.0 Å². The van der Waals surface area contributed by atoms with E-state index >= 15 is 0 Å². The first kappa shape index (κ1) is 25.3. The number of amides is 1. The Bertz CT molecular complexity index is 1070. The Morgan fingerprint density at radius 2 is 2.08 bits per heavy atom. The fourth-order valence-corrected chi connectivity index (χ4v) is 7.50. The van der Waals surface area contributed by atoms with E-state index in [0.717, 1.165) is 31.4 Å². The van der Waals surface area contributed by atoms with Crippen molar-refractivity contribution >= 4 is 11.9 Å². The van der Waals surface area contributed by atoms with E-state index in [1.54, 1.807) is 13.2 Å². The van der Waals surface area contributed by atoms with E-state index < -0.39 is 34.5 Å². The molecule has 1 aromatic rings. The lowest BCUT2D eigenvalue weighted by Gasteiger charge is -2.65. The normalized spacial score (nSPS) is 33.4. The van der Waals surface area contributed by atoms with E-state index in [0.29, 0.717) is 12.2 Å². The van der Waals surface area contributed by atoms with Crippen LogP contribution >= 0.6 is 0 Å². The van der Waals surface area contributed by atoms with Gasteiger partial charge >= 0.3 is 5.97 Å². The average Bonchev–Trinajstić information content (AvgIpc) is 3.16. The molecular weight excluding hydrogens is 462 g/mol. The maximum atomic E-state index is 13.2. The molecule has 4 N–H and O–H groups in total. The standard InChI is InChI=1S/C27H39N3O6/c1-25(2,3)36-24(33)17(7-9-20(28)32)29-16-10-11-27(34-5)19-14-15-6-8-18(31)22-21(15)26(27,23(16)35-22)12-13-30(19)4/h6,8,16-17,19,23,29,31H,7,9-14H2,1-5H3,(H2,28,32)/t16-,17+,19-,23+,26+,27-/m1/s1. The Hall–Kier alpha value is -2.36. The molecule has 2 fully saturated rings. The highest BCUT2D eigenvalue weighted by Gasteiger charge is 2.73. The number of nitrogens with two attached hydrogens (primary N) is 1. The molecule has 0 unspecified atom stereocenters. The number of rotatable bonds is 7. The Labute approximate surface area is 212 Å². The maximum absolute atomic E-state index is 13.2. The number of methoxy groups -OCH3 is 1. The van der Waals surface area contributed by atoms with Gasteiger partial charge in [0.2, 0.25) is 5.91 Å². The Balaban J connectivity index is 1.54. The van der Waals surface area contributed by atoms with Crippen LogP contribution in [0.25, 0.3) is 0 Å². The summed E-state index contributed by atoms with van der Waals surface area (Å²) in [4.78, 5) is 27.1. The van der Waals surface area contributed by atoms with Crippen LogP contribution < -0.4 is 15.8 Å². The van der Waals surface area contributed by atoms with Crippen molar-refractivity contribution in [2.75, 3.05) is 20.7 Å². The van der Waals surface area contributed by atoms with E-state index in [1.807, 2.05) is 26.8 Å². The van der Waals surface area contributed by atoms with Gasteiger partial charge in [0, 0.05) is 31.2 Å². The number of hydrogen-bond acceptors (Lipinski definition) is 8. The maximum Gasteiger partial charge on any atom is 0.323 e. The molecule has 198 valence electrons. The molecule has 0 radical (unpaired) electrons. The molecule has 2 aliphatic heterocycles. The molecule has 4 aliphatic rings. The summed E-state index contributed by atoms with van der Waals surface area (Å²) >= 11 is 0. The molecule has 1 aromatic carbocycles. The third kappa shape index (κ3) is 3.62. The van der Waals surface area contributed by atoms with Gasteiger partial charge in [-0.15, -0.1) is 0 Å². The predicted molar refractivity (Wildman–Crippen MR) is 133 cm³/mol. The molecule has 0 aromatic heterocycles. The smallest absolute Gasteiger partial charge is 0.323 e. The average molecular weight is 502 g/mol.